The Morgan fingerprint density at radius 1 is 0.409 bits per heavy atom. The van der Waals surface area contributed by atoms with Crippen molar-refractivity contribution in [1.82, 2.24) is 0 Å². The van der Waals surface area contributed by atoms with Gasteiger partial charge in [-0.25, -0.2) is 19.2 Å². The fourth-order valence-electron chi connectivity index (χ4n) is 12.0. The van der Waals surface area contributed by atoms with Crippen LogP contribution in [0.3, 0.4) is 0 Å². The summed E-state index contributed by atoms with van der Waals surface area (Å²) in [5, 5.41) is -0.326. The molecule has 2 aliphatic heterocycles. The molecule has 8 aromatic carbocycles. The van der Waals surface area contributed by atoms with E-state index in [1.165, 1.54) is 13.8 Å². The molecule has 0 spiro atoms. The highest BCUT2D eigenvalue weighted by Crippen LogP contribution is 2.46. The predicted molar refractivity (Wildman–Crippen MR) is 417 cm³/mol. The van der Waals surface area contributed by atoms with E-state index < -0.39 is 147 Å². The van der Waals surface area contributed by atoms with E-state index >= 15 is 0 Å². The number of ether oxygens (including phenoxy) is 14. The van der Waals surface area contributed by atoms with E-state index in [1.54, 1.807) is 121 Å². The normalized spacial score (nSPS) is 20.2. The molecular weight excluding hydrogens is 1440 g/mol. The minimum absolute atomic E-state index is 0.122. The molecule has 0 N–H and O–H groups in total. The number of aryl methyl sites for hydroxylation is 2. The Morgan fingerprint density at radius 3 is 1.21 bits per heavy atom. The summed E-state index contributed by atoms with van der Waals surface area (Å²) in [7, 11) is -4.93. The van der Waals surface area contributed by atoms with Crippen molar-refractivity contribution in [2.45, 2.75) is 179 Å². The Hall–Kier alpha value is -9.86. The van der Waals surface area contributed by atoms with Gasteiger partial charge in [-0.3, -0.25) is 4.79 Å². The van der Waals surface area contributed by atoms with Crippen LogP contribution in [0.25, 0.3) is 0 Å². The molecule has 0 aromatic heterocycles. The van der Waals surface area contributed by atoms with Gasteiger partial charge in [0.15, 0.2) is 69.5 Å². The SMILES string of the molecule is CC(=O)O[C@H]1[C@H](O[C@@H]2O[C@@H](C)[C@H](OC(=O)COc3ccccc3)[C@@H](OC(=O)COc3ccccc3)[C@H]2OC(=O)COc2ccccc2)[C@@H](OC(=O)COc2ccccc2)[C@H](OCCc2ccc(O[Si](C)(C)C(C)(C)C)c(O[Si](C)(C)C(C)(C)C)c2)O[C@@H]1COC(c1ccccc1)(c1ccc(C)cc1)c1ccc(C)cc1. The zero-order valence-electron chi connectivity index (χ0n) is 65.1. The first-order valence-electron chi connectivity index (χ1n) is 37.0. The topological polar surface area (TPSA) is 233 Å². The van der Waals surface area contributed by atoms with E-state index in [1.807, 2.05) is 111 Å². The Kier molecular flexibility index (Phi) is 28.0. The van der Waals surface area contributed by atoms with E-state index in [-0.39, 0.29) is 23.1 Å². The lowest BCUT2D eigenvalue weighted by atomic mass is 9.79. The Bertz CT molecular complexity index is 4230. The molecular formula is C87H102O21Si2. The summed E-state index contributed by atoms with van der Waals surface area (Å²) in [6.07, 6.45) is -16.7. The molecule has 2 aliphatic rings. The van der Waals surface area contributed by atoms with Gasteiger partial charge in [0.05, 0.1) is 19.3 Å². The van der Waals surface area contributed by atoms with Crippen LogP contribution in [0.4, 0.5) is 0 Å². The number of esters is 5. The third kappa shape index (κ3) is 22.0. The van der Waals surface area contributed by atoms with Gasteiger partial charge in [-0.1, -0.05) is 210 Å². The van der Waals surface area contributed by atoms with Crippen LogP contribution < -0.4 is 27.8 Å². The zero-order valence-corrected chi connectivity index (χ0v) is 67.1. The Labute approximate surface area is 647 Å². The van der Waals surface area contributed by atoms with Crippen LogP contribution in [-0.4, -0.2) is 148 Å². The van der Waals surface area contributed by atoms with Crippen molar-refractivity contribution < 1.29 is 99.1 Å². The molecule has 0 radical (unpaired) electrons. The summed E-state index contributed by atoms with van der Waals surface area (Å²) in [5.41, 5.74) is 3.51. The summed E-state index contributed by atoms with van der Waals surface area (Å²) >= 11 is 0. The molecule has 0 amide bonds. The van der Waals surface area contributed by atoms with Gasteiger partial charge in [-0.15, -0.1) is 0 Å². The second-order valence-electron chi connectivity index (χ2n) is 30.4. The largest absolute Gasteiger partial charge is 0.541 e. The lowest BCUT2D eigenvalue weighted by Gasteiger charge is -2.49. The minimum Gasteiger partial charge on any atom is -0.541 e. The summed E-state index contributed by atoms with van der Waals surface area (Å²) < 4.78 is 106. The molecule has 0 bridgehead atoms. The maximum Gasteiger partial charge on any atom is 0.344 e. The number of hydrogen-bond acceptors (Lipinski definition) is 21. The standard InChI is InChI=1S/C87H102O21Si2/c1-58-40-45-64(46-41-58)87(63-30-20-15-21-31-63,65-47-42-59(2)43-48-65)98-53-72-78(100-61(4)88)80(81(104-75(91)56-96-68-36-26-18-27-37-68)83(101-72)93-51-50-62-44-49-70(107-109(11,12)85(5,6)7)71(52-62)108-110(13,14)86(8,9)10)106-84-82(105-76(92)57-97-69-38-28-19-29-39-69)79(103-74(90)55-95-67-34-24-17-25-35-67)77(60(3)99-84)102-73(89)54-94-66-32-22-16-23-33-66/h15-49,52,60,72,77-84H,50-51,53-57H2,1-14H3/t60-,72+,77-,78+,79+,80-,81+,82+,83+,84-/m0/s1. The highest BCUT2D eigenvalue weighted by molar-refractivity contribution is 6.75. The molecule has 2 heterocycles. The van der Waals surface area contributed by atoms with Crippen molar-refractivity contribution in [3.05, 3.63) is 252 Å². The van der Waals surface area contributed by atoms with Gasteiger partial charge in [0.1, 0.15) is 52.3 Å². The first-order valence-corrected chi connectivity index (χ1v) is 42.9. The first-order chi connectivity index (χ1) is 52.4. The van der Waals surface area contributed by atoms with Crippen molar-refractivity contribution in [3.8, 4) is 34.5 Å². The third-order valence-electron chi connectivity index (χ3n) is 20.0. The van der Waals surface area contributed by atoms with Gasteiger partial charge in [0.25, 0.3) is 16.6 Å². The highest BCUT2D eigenvalue weighted by atomic mass is 28.4. The first kappa shape index (κ1) is 82.6. The molecule has 0 aliphatic carbocycles. The van der Waals surface area contributed by atoms with Crippen LogP contribution >= 0.6 is 0 Å². The number of benzene rings is 8. The van der Waals surface area contributed by atoms with Gasteiger partial charge < -0.3 is 75.2 Å². The summed E-state index contributed by atoms with van der Waals surface area (Å²) in [5.74, 6) is -2.25. The van der Waals surface area contributed by atoms with Gasteiger partial charge in [-0.2, -0.15) is 0 Å². The van der Waals surface area contributed by atoms with Gasteiger partial charge in [0.2, 0.25) is 0 Å². The second-order valence-corrected chi connectivity index (χ2v) is 39.8. The molecule has 0 saturated carbocycles. The quantitative estimate of drug-likeness (QED) is 0.0161. The maximum atomic E-state index is 14.9. The molecule has 21 nitrogen and oxygen atoms in total. The molecule has 10 atom stereocenters. The summed E-state index contributed by atoms with van der Waals surface area (Å²) in [6.45, 7) is 25.2. The highest BCUT2D eigenvalue weighted by Gasteiger charge is 2.58. The van der Waals surface area contributed by atoms with Crippen LogP contribution in [0.15, 0.2) is 218 Å². The van der Waals surface area contributed by atoms with Crippen molar-refractivity contribution in [1.29, 1.82) is 0 Å². The Morgan fingerprint density at radius 2 is 0.791 bits per heavy atom. The smallest absolute Gasteiger partial charge is 0.344 e. The van der Waals surface area contributed by atoms with Crippen molar-refractivity contribution in [2.24, 2.45) is 0 Å². The number of carbonyl (C=O) groups is 5. The second kappa shape index (κ2) is 37.2. The lowest BCUT2D eigenvalue weighted by Crippen LogP contribution is -2.67. The van der Waals surface area contributed by atoms with Crippen molar-refractivity contribution >= 4 is 46.5 Å². The molecule has 23 heteroatoms. The number of hydrogen-bond donors (Lipinski definition) is 0. The van der Waals surface area contributed by atoms with E-state index in [0.29, 0.717) is 34.5 Å². The van der Waals surface area contributed by atoms with E-state index in [4.69, 9.17) is 75.2 Å². The summed E-state index contributed by atoms with van der Waals surface area (Å²) in [4.78, 5) is 72.6. The minimum atomic E-state index is -2.51. The van der Waals surface area contributed by atoms with E-state index in [2.05, 4.69) is 67.7 Å². The van der Waals surface area contributed by atoms with Gasteiger partial charge in [-0.05, 0) is 146 Å². The van der Waals surface area contributed by atoms with Crippen LogP contribution in [0, 0.1) is 13.8 Å². The average molecular weight is 1540 g/mol. The molecule has 8 aromatic rings. The molecule has 2 saturated heterocycles. The molecule has 584 valence electrons. The zero-order chi connectivity index (χ0) is 78.8. The Balaban J connectivity index is 1.11. The lowest BCUT2D eigenvalue weighted by molar-refractivity contribution is -0.361. The van der Waals surface area contributed by atoms with Gasteiger partial charge in [0, 0.05) is 6.92 Å². The number of para-hydroxylation sites is 4. The predicted octanol–water partition coefficient (Wildman–Crippen LogP) is 15.4. The van der Waals surface area contributed by atoms with Crippen LogP contribution in [0.2, 0.25) is 36.3 Å². The fourth-order valence-corrected chi connectivity index (χ4v) is 14.1. The number of rotatable bonds is 33. The van der Waals surface area contributed by atoms with E-state index in [0.717, 1.165) is 33.4 Å². The monoisotopic (exact) mass is 1540 g/mol. The molecule has 2 fully saturated rings. The molecule has 110 heavy (non-hydrogen) atoms. The molecule has 0 unspecified atom stereocenters. The maximum absolute atomic E-state index is 14.9. The van der Waals surface area contributed by atoms with Crippen molar-refractivity contribution in [3.63, 3.8) is 0 Å². The van der Waals surface area contributed by atoms with Crippen molar-refractivity contribution in [2.75, 3.05) is 39.6 Å². The van der Waals surface area contributed by atoms with Crippen LogP contribution in [0.1, 0.15) is 88.8 Å². The van der Waals surface area contributed by atoms with E-state index in [9.17, 15) is 24.0 Å². The summed E-state index contributed by atoms with van der Waals surface area (Å²) in [6, 6.07) is 65.5. The van der Waals surface area contributed by atoms with Crippen LogP contribution in [-0.2, 0) is 83.4 Å². The van der Waals surface area contributed by atoms with Crippen LogP contribution in [0.5, 0.6) is 34.5 Å². The average Bonchev–Trinajstić information content (AvgIpc) is 0.752. The number of carbonyl (C=O) groups excluding carboxylic acids is 5. The fraction of sp³-hybridized carbons (Fsp3) is 0.391. The third-order valence-corrected chi connectivity index (χ3v) is 28.7. The molecule has 10 rings (SSSR count). The van der Waals surface area contributed by atoms with Gasteiger partial charge >= 0.3 is 29.8 Å².